The van der Waals surface area contributed by atoms with Crippen LogP contribution in [0.2, 0.25) is 0 Å². The lowest BCUT2D eigenvalue weighted by Crippen LogP contribution is -2.08. The van der Waals surface area contributed by atoms with Crippen LogP contribution in [-0.2, 0) is 6.54 Å². The first-order chi connectivity index (χ1) is 10.3. The van der Waals surface area contributed by atoms with E-state index in [4.69, 9.17) is 4.74 Å². The largest absolute Gasteiger partial charge is 0.463 e. The standard InChI is InChI=1S/C14H22N6O/c1-4-7-20-10-11(9-16-20)12-17-13(15-6-3)19-14(18-12)21-8-5-2/h9-10H,4-8H2,1-3H3,(H,15,17,18,19). The molecule has 0 aliphatic rings. The number of ether oxygens (including phenoxy) is 1. The molecule has 0 aromatic carbocycles. The molecular formula is C14H22N6O. The summed E-state index contributed by atoms with van der Waals surface area (Å²) in [4.78, 5) is 13.0. The number of rotatable bonds is 8. The average Bonchev–Trinajstić information content (AvgIpc) is 2.94. The van der Waals surface area contributed by atoms with Gasteiger partial charge in [0, 0.05) is 19.3 Å². The van der Waals surface area contributed by atoms with E-state index in [0.29, 0.717) is 24.4 Å². The Morgan fingerprint density at radius 2 is 2.00 bits per heavy atom. The molecule has 0 unspecified atom stereocenters. The number of hydrogen-bond acceptors (Lipinski definition) is 6. The highest BCUT2D eigenvalue weighted by atomic mass is 16.5. The van der Waals surface area contributed by atoms with E-state index in [9.17, 15) is 0 Å². The van der Waals surface area contributed by atoms with E-state index in [2.05, 4.69) is 32.3 Å². The van der Waals surface area contributed by atoms with Crippen LogP contribution in [0.15, 0.2) is 12.4 Å². The van der Waals surface area contributed by atoms with Gasteiger partial charge in [-0.05, 0) is 19.8 Å². The fourth-order valence-corrected chi connectivity index (χ4v) is 1.81. The van der Waals surface area contributed by atoms with Crippen LogP contribution in [0.4, 0.5) is 5.95 Å². The lowest BCUT2D eigenvalue weighted by atomic mass is 10.3. The van der Waals surface area contributed by atoms with Crippen LogP contribution in [-0.4, -0.2) is 37.9 Å². The van der Waals surface area contributed by atoms with Crippen LogP contribution in [0.3, 0.4) is 0 Å². The molecule has 1 N–H and O–H groups in total. The monoisotopic (exact) mass is 290 g/mol. The minimum atomic E-state index is 0.348. The summed E-state index contributed by atoms with van der Waals surface area (Å²) in [5.41, 5.74) is 0.867. The van der Waals surface area contributed by atoms with Gasteiger partial charge in [0.2, 0.25) is 5.95 Å². The van der Waals surface area contributed by atoms with Crippen molar-refractivity contribution in [3.05, 3.63) is 12.4 Å². The normalized spacial score (nSPS) is 10.6. The smallest absolute Gasteiger partial charge is 0.321 e. The Kier molecular flexibility index (Phi) is 5.48. The summed E-state index contributed by atoms with van der Waals surface area (Å²) in [5, 5.41) is 7.40. The zero-order valence-corrected chi connectivity index (χ0v) is 12.8. The molecule has 0 saturated heterocycles. The first-order valence-corrected chi connectivity index (χ1v) is 7.42. The molecule has 114 valence electrons. The highest BCUT2D eigenvalue weighted by Gasteiger charge is 2.11. The molecule has 0 spiro atoms. The maximum atomic E-state index is 5.53. The van der Waals surface area contributed by atoms with E-state index < -0.39 is 0 Å². The van der Waals surface area contributed by atoms with Gasteiger partial charge in [0.05, 0.1) is 18.4 Å². The maximum Gasteiger partial charge on any atom is 0.321 e. The number of aryl methyl sites for hydroxylation is 1. The summed E-state index contributed by atoms with van der Waals surface area (Å²) < 4.78 is 7.42. The van der Waals surface area contributed by atoms with E-state index in [1.54, 1.807) is 6.20 Å². The summed E-state index contributed by atoms with van der Waals surface area (Å²) in [6, 6.07) is 0.348. The number of nitrogens with one attached hydrogen (secondary N) is 1. The first-order valence-electron chi connectivity index (χ1n) is 7.42. The minimum absolute atomic E-state index is 0.348. The third-order valence-corrected chi connectivity index (χ3v) is 2.73. The average molecular weight is 290 g/mol. The SMILES string of the molecule is CCCOc1nc(NCC)nc(-c2cnn(CCC)c2)n1. The van der Waals surface area contributed by atoms with Gasteiger partial charge in [-0.2, -0.15) is 20.1 Å². The van der Waals surface area contributed by atoms with Crippen LogP contribution in [0.1, 0.15) is 33.6 Å². The Morgan fingerprint density at radius 1 is 1.14 bits per heavy atom. The maximum absolute atomic E-state index is 5.53. The Balaban J connectivity index is 2.28. The molecule has 2 aromatic heterocycles. The van der Waals surface area contributed by atoms with Crippen molar-refractivity contribution in [1.29, 1.82) is 0 Å². The molecule has 21 heavy (non-hydrogen) atoms. The van der Waals surface area contributed by atoms with Crippen LogP contribution in [0.25, 0.3) is 11.4 Å². The number of aromatic nitrogens is 5. The number of hydrogen-bond donors (Lipinski definition) is 1. The van der Waals surface area contributed by atoms with E-state index in [1.165, 1.54) is 0 Å². The third kappa shape index (κ3) is 4.14. The molecule has 0 saturated carbocycles. The van der Waals surface area contributed by atoms with Gasteiger partial charge in [-0.1, -0.05) is 13.8 Å². The van der Waals surface area contributed by atoms with E-state index in [1.807, 2.05) is 24.7 Å². The third-order valence-electron chi connectivity index (χ3n) is 2.73. The topological polar surface area (TPSA) is 77.8 Å². The van der Waals surface area contributed by atoms with Crippen LogP contribution in [0, 0.1) is 0 Å². The molecule has 0 atom stereocenters. The lowest BCUT2D eigenvalue weighted by molar-refractivity contribution is 0.292. The summed E-state index contributed by atoms with van der Waals surface area (Å²) in [5.74, 6) is 1.10. The van der Waals surface area contributed by atoms with Gasteiger partial charge in [0.1, 0.15) is 0 Å². The summed E-state index contributed by atoms with van der Waals surface area (Å²) >= 11 is 0. The number of nitrogens with zero attached hydrogens (tertiary/aromatic N) is 5. The quantitative estimate of drug-likeness (QED) is 0.804. The van der Waals surface area contributed by atoms with Gasteiger partial charge in [0.15, 0.2) is 5.82 Å². The Morgan fingerprint density at radius 3 is 2.71 bits per heavy atom. The Bertz CT molecular complexity index is 568. The van der Waals surface area contributed by atoms with Crippen molar-refractivity contribution in [2.24, 2.45) is 0 Å². The van der Waals surface area contributed by atoms with E-state index >= 15 is 0 Å². The molecule has 0 amide bonds. The second-order valence-corrected chi connectivity index (χ2v) is 4.64. The number of anilines is 1. The van der Waals surface area contributed by atoms with E-state index in [0.717, 1.165) is 31.5 Å². The summed E-state index contributed by atoms with van der Waals surface area (Å²) in [7, 11) is 0. The van der Waals surface area contributed by atoms with Gasteiger partial charge < -0.3 is 10.1 Å². The zero-order chi connectivity index (χ0) is 15.1. The van der Waals surface area contributed by atoms with Gasteiger partial charge in [-0.3, -0.25) is 4.68 Å². The van der Waals surface area contributed by atoms with Crippen molar-refractivity contribution in [1.82, 2.24) is 24.7 Å². The van der Waals surface area contributed by atoms with Crippen LogP contribution < -0.4 is 10.1 Å². The van der Waals surface area contributed by atoms with Crippen molar-refractivity contribution in [3.8, 4) is 17.4 Å². The molecule has 0 radical (unpaired) electrons. The van der Waals surface area contributed by atoms with Gasteiger partial charge in [-0.25, -0.2) is 0 Å². The molecule has 2 rings (SSSR count). The lowest BCUT2D eigenvalue weighted by Gasteiger charge is -2.07. The minimum Gasteiger partial charge on any atom is -0.463 e. The molecule has 0 aliphatic heterocycles. The second-order valence-electron chi connectivity index (χ2n) is 4.64. The molecule has 2 aromatic rings. The molecular weight excluding hydrogens is 268 g/mol. The highest BCUT2D eigenvalue weighted by molar-refractivity contribution is 5.54. The molecule has 7 nitrogen and oxygen atoms in total. The van der Waals surface area contributed by atoms with Gasteiger partial charge in [-0.15, -0.1) is 0 Å². The van der Waals surface area contributed by atoms with Crippen molar-refractivity contribution in [3.63, 3.8) is 0 Å². The van der Waals surface area contributed by atoms with Crippen LogP contribution in [0.5, 0.6) is 6.01 Å². The molecule has 7 heteroatoms. The molecule has 0 fully saturated rings. The Labute approximate surface area is 124 Å². The Hall–Kier alpha value is -2.18. The predicted octanol–water partition coefficient (Wildman–Crippen LogP) is 2.37. The van der Waals surface area contributed by atoms with Crippen molar-refractivity contribution in [2.45, 2.75) is 40.2 Å². The molecule has 2 heterocycles. The highest BCUT2D eigenvalue weighted by Crippen LogP contribution is 2.18. The zero-order valence-electron chi connectivity index (χ0n) is 12.8. The first kappa shape index (κ1) is 15.2. The molecule has 0 aliphatic carbocycles. The van der Waals surface area contributed by atoms with Crippen molar-refractivity contribution < 1.29 is 4.74 Å². The fourth-order valence-electron chi connectivity index (χ4n) is 1.81. The molecule has 0 bridgehead atoms. The fraction of sp³-hybridized carbons (Fsp3) is 0.571. The van der Waals surface area contributed by atoms with Gasteiger partial charge in [0.25, 0.3) is 0 Å². The van der Waals surface area contributed by atoms with Crippen molar-refractivity contribution in [2.75, 3.05) is 18.5 Å². The second kappa shape index (κ2) is 7.56. The van der Waals surface area contributed by atoms with Crippen LogP contribution >= 0.6 is 0 Å². The summed E-state index contributed by atoms with van der Waals surface area (Å²) in [6.07, 6.45) is 5.65. The van der Waals surface area contributed by atoms with Crippen molar-refractivity contribution >= 4 is 5.95 Å². The van der Waals surface area contributed by atoms with E-state index in [-0.39, 0.29) is 0 Å². The summed E-state index contributed by atoms with van der Waals surface area (Å²) in [6.45, 7) is 8.36. The van der Waals surface area contributed by atoms with Gasteiger partial charge >= 0.3 is 6.01 Å². The predicted molar refractivity (Wildman–Crippen MR) is 81.3 cm³/mol.